The topological polar surface area (TPSA) is 64.1 Å². The molecule has 0 aliphatic carbocycles. The van der Waals surface area contributed by atoms with Crippen molar-refractivity contribution in [3.05, 3.63) is 45.7 Å². The summed E-state index contributed by atoms with van der Waals surface area (Å²) in [6.45, 7) is 1.93. The van der Waals surface area contributed by atoms with Gasteiger partial charge in [-0.3, -0.25) is 4.68 Å². The van der Waals surface area contributed by atoms with Crippen molar-refractivity contribution >= 4 is 21.6 Å². The predicted molar refractivity (Wildman–Crippen MR) is 75.2 cm³/mol. The molecular weight excluding hydrogens is 294 g/mol. The van der Waals surface area contributed by atoms with Gasteiger partial charge in [-0.25, -0.2) is 0 Å². The molecule has 5 heteroatoms. The number of nitrogen functional groups attached to an aromatic ring is 1. The molecule has 1 unspecified atom stereocenters. The summed E-state index contributed by atoms with van der Waals surface area (Å²) in [4.78, 5) is 0. The van der Waals surface area contributed by atoms with Crippen LogP contribution in [0.1, 0.15) is 23.1 Å². The zero-order chi connectivity index (χ0) is 13.3. The van der Waals surface area contributed by atoms with Crippen molar-refractivity contribution in [2.24, 2.45) is 7.05 Å². The van der Waals surface area contributed by atoms with E-state index < -0.39 is 6.10 Å². The summed E-state index contributed by atoms with van der Waals surface area (Å²) in [6.07, 6.45) is -0.0823. The number of rotatable bonds is 3. The average Bonchev–Trinajstić information content (AvgIpc) is 2.56. The number of hydrogen-bond donors (Lipinski definition) is 2. The highest BCUT2D eigenvalue weighted by Gasteiger charge is 2.16. The molecule has 4 nitrogen and oxygen atoms in total. The molecule has 0 radical (unpaired) electrons. The quantitative estimate of drug-likeness (QED) is 0.855. The molecular formula is C13H16BrN3O. The van der Waals surface area contributed by atoms with Crippen molar-refractivity contribution in [1.82, 2.24) is 9.78 Å². The first kappa shape index (κ1) is 13.1. The Morgan fingerprint density at radius 3 is 2.78 bits per heavy atom. The van der Waals surface area contributed by atoms with E-state index in [1.807, 2.05) is 26.1 Å². The first-order valence-corrected chi connectivity index (χ1v) is 6.50. The molecule has 1 aromatic carbocycles. The van der Waals surface area contributed by atoms with Crippen molar-refractivity contribution in [2.45, 2.75) is 19.4 Å². The second-order valence-corrected chi connectivity index (χ2v) is 5.15. The zero-order valence-electron chi connectivity index (χ0n) is 10.4. The largest absolute Gasteiger partial charge is 0.399 e. The van der Waals surface area contributed by atoms with Crippen molar-refractivity contribution in [2.75, 3.05) is 5.73 Å². The van der Waals surface area contributed by atoms with E-state index in [0.29, 0.717) is 12.1 Å². The molecule has 0 saturated carbocycles. The number of benzene rings is 1. The minimum absolute atomic E-state index is 0.501. The summed E-state index contributed by atoms with van der Waals surface area (Å²) < 4.78 is 2.74. The molecule has 0 saturated heterocycles. The maximum Gasteiger partial charge on any atom is 0.0846 e. The van der Waals surface area contributed by atoms with Gasteiger partial charge in [-0.1, -0.05) is 12.1 Å². The van der Waals surface area contributed by atoms with E-state index in [0.717, 1.165) is 21.4 Å². The van der Waals surface area contributed by atoms with Gasteiger partial charge in [0.15, 0.2) is 0 Å². The van der Waals surface area contributed by atoms with Crippen LogP contribution in [0, 0.1) is 6.92 Å². The Hall–Kier alpha value is -1.33. The highest BCUT2D eigenvalue weighted by Crippen LogP contribution is 2.26. The summed E-state index contributed by atoms with van der Waals surface area (Å²) in [5.74, 6) is 0. The van der Waals surface area contributed by atoms with Gasteiger partial charge in [0.2, 0.25) is 0 Å². The van der Waals surface area contributed by atoms with Crippen molar-refractivity contribution < 1.29 is 5.11 Å². The number of nitrogens with two attached hydrogens (primary N) is 1. The molecule has 2 rings (SSSR count). The summed E-state index contributed by atoms with van der Waals surface area (Å²) >= 11 is 3.50. The van der Waals surface area contributed by atoms with Crippen molar-refractivity contribution in [1.29, 1.82) is 0 Å². The molecule has 1 atom stereocenters. The van der Waals surface area contributed by atoms with Crippen LogP contribution in [0.2, 0.25) is 0 Å². The molecule has 0 aliphatic heterocycles. The van der Waals surface area contributed by atoms with Gasteiger partial charge < -0.3 is 10.8 Å². The third-order valence-electron chi connectivity index (χ3n) is 2.94. The van der Waals surface area contributed by atoms with Crippen LogP contribution in [0.3, 0.4) is 0 Å². The van der Waals surface area contributed by atoms with Gasteiger partial charge in [0, 0.05) is 19.2 Å². The summed E-state index contributed by atoms with van der Waals surface area (Å²) in [5, 5.41) is 14.5. The summed E-state index contributed by atoms with van der Waals surface area (Å²) in [7, 11) is 1.87. The number of hydrogen-bond acceptors (Lipinski definition) is 3. The van der Waals surface area contributed by atoms with Crippen molar-refractivity contribution in [3.63, 3.8) is 0 Å². The van der Waals surface area contributed by atoms with Crippen molar-refractivity contribution in [3.8, 4) is 0 Å². The molecule has 1 aromatic heterocycles. The van der Waals surface area contributed by atoms with Gasteiger partial charge in [-0.15, -0.1) is 0 Å². The van der Waals surface area contributed by atoms with Crippen LogP contribution in [-0.2, 0) is 13.5 Å². The van der Waals surface area contributed by atoms with Gasteiger partial charge in [0.05, 0.1) is 22.0 Å². The minimum atomic E-state index is -0.584. The Morgan fingerprint density at radius 2 is 2.22 bits per heavy atom. The monoisotopic (exact) mass is 309 g/mol. The number of aliphatic hydroxyl groups is 1. The first-order chi connectivity index (χ1) is 8.49. The zero-order valence-corrected chi connectivity index (χ0v) is 12.0. The Bertz CT molecular complexity index is 565. The molecule has 1 heterocycles. The average molecular weight is 310 g/mol. The van der Waals surface area contributed by atoms with E-state index >= 15 is 0 Å². The molecule has 3 N–H and O–H groups in total. The fourth-order valence-corrected chi connectivity index (χ4v) is 2.47. The number of anilines is 1. The lowest BCUT2D eigenvalue weighted by atomic mass is 10.0. The smallest absolute Gasteiger partial charge is 0.0846 e. The van der Waals surface area contributed by atoms with Crippen LogP contribution in [0.25, 0.3) is 0 Å². The number of aryl methyl sites for hydroxylation is 2. The molecule has 2 aromatic rings. The van der Waals surface area contributed by atoms with E-state index in [1.54, 1.807) is 16.8 Å². The molecule has 0 fully saturated rings. The third-order valence-corrected chi connectivity index (χ3v) is 3.98. The molecule has 0 bridgehead atoms. The van der Waals surface area contributed by atoms with Gasteiger partial charge in [0.1, 0.15) is 0 Å². The maximum atomic E-state index is 10.2. The Kier molecular flexibility index (Phi) is 3.73. The minimum Gasteiger partial charge on any atom is -0.399 e. The third kappa shape index (κ3) is 2.57. The highest BCUT2D eigenvalue weighted by atomic mass is 79.9. The summed E-state index contributed by atoms with van der Waals surface area (Å²) in [5.41, 5.74) is 9.09. The number of aromatic nitrogens is 2. The second-order valence-electron chi connectivity index (χ2n) is 4.36. The van der Waals surface area contributed by atoms with E-state index in [9.17, 15) is 5.11 Å². The van der Waals surface area contributed by atoms with E-state index in [2.05, 4.69) is 21.0 Å². The fourth-order valence-electron chi connectivity index (χ4n) is 1.97. The lowest BCUT2D eigenvalue weighted by molar-refractivity contribution is 0.175. The van der Waals surface area contributed by atoms with Crippen LogP contribution < -0.4 is 5.73 Å². The lowest BCUT2D eigenvalue weighted by Crippen LogP contribution is -2.07. The number of halogens is 1. The number of nitrogens with zero attached hydrogens (tertiary/aromatic N) is 2. The molecule has 0 spiro atoms. The fraction of sp³-hybridized carbons (Fsp3) is 0.308. The van der Waals surface area contributed by atoms with Gasteiger partial charge >= 0.3 is 0 Å². The van der Waals surface area contributed by atoms with Gasteiger partial charge in [-0.2, -0.15) is 5.10 Å². The first-order valence-electron chi connectivity index (χ1n) is 5.70. The SMILES string of the molecule is Cc1nn(C)c(CC(O)c2cccc(N)c2)c1Br. The Labute approximate surface area is 115 Å². The normalized spacial score (nSPS) is 12.7. The van der Waals surface area contributed by atoms with E-state index in [4.69, 9.17) is 5.73 Å². The molecule has 18 heavy (non-hydrogen) atoms. The van der Waals surface area contributed by atoms with E-state index in [1.165, 1.54) is 0 Å². The van der Waals surface area contributed by atoms with Crippen LogP contribution in [0.4, 0.5) is 5.69 Å². The molecule has 96 valence electrons. The van der Waals surface area contributed by atoms with Gasteiger partial charge in [-0.05, 0) is 40.5 Å². The standard InChI is InChI=1S/C13H16BrN3O/c1-8-13(14)11(17(2)16-8)7-12(18)9-4-3-5-10(15)6-9/h3-6,12,18H,7,15H2,1-2H3. The number of aliphatic hydroxyl groups excluding tert-OH is 1. The van der Waals surface area contributed by atoms with Crippen LogP contribution >= 0.6 is 15.9 Å². The molecule has 0 amide bonds. The second kappa shape index (κ2) is 5.12. The summed E-state index contributed by atoms with van der Waals surface area (Å²) in [6, 6.07) is 7.32. The highest BCUT2D eigenvalue weighted by molar-refractivity contribution is 9.10. The Morgan fingerprint density at radius 1 is 1.50 bits per heavy atom. The maximum absolute atomic E-state index is 10.2. The Balaban J connectivity index is 2.24. The lowest BCUT2D eigenvalue weighted by Gasteiger charge is -2.12. The predicted octanol–water partition coefficient (Wildman–Crippen LogP) is 2.35. The van der Waals surface area contributed by atoms with E-state index in [-0.39, 0.29) is 0 Å². The van der Waals surface area contributed by atoms with Crippen LogP contribution in [0.15, 0.2) is 28.7 Å². The van der Waals surface area contributed by atoms with Crippen LogP contribution in [-0.4, -0.2) is 14.9 Å². The molecule has 0 aliphatic rings. The van der Waals surface area contributed by atoms with Gasteiger partial charge in [0.25, 0.3) is 0 Å². The van der Waals surface area contributed by atoms with Crippen LogP contribution in [0.5, 0.6) is 0 Å².